The molecule has 29 heavy (non-hydrogen) atoms. The lowest BCUT2D eigenvalue weighted by atomic mass is 9.99. The molecule has 0 radical (unpaired) electrons. The lowest BCUT2D eigenvalue weighted by Crippen LogP contribution is -2.37. The maximum atomic E-state index is 13.1. The number of aromatic amines is 1. The summed E-state index contributed by atoms with van der Waals surface area (Å²) in [4.78, 5) is 25.9. The van der Waals surface area contributed by atoms with Gasteiger partial charge in [-0.05, 0) is 47.4 Å². The van der Waals surface area contributed by atoms with Gasteiger partial charge in [-0.1, -0.05) is 35.3 Å². The SMILES string of the molecule is O=c1cc(C(F)(F)F)[nH]c(=O)n1Cc1cc(Cl)cc(Cl)c1Cc1ccc(F)cc1. The molecule has 0 saturated carbocycles. The molecule has 0 spiro atoms. The highest BCUT2D eigenvalue weighted by Crippen LogP contribution is 2.29. The van der Waals surface area contributed by atoms with Crippen molar-refractivity contribution in [2.75, 3.05) is 0 Å². The van der Waals surface area contributed by atoms with Gasteiger partial charge in [0, 0.05) is 16.1 Å². The maximum absolute atomic E-state index is 13.1. The lowest BCUT2D eigenvalue weighted by Gasteiger charge is -2.14. The van der Waals surface area contributed by atoms with Gasteiger partial charge in [-0.3, -0.25) is 9.36 Å². The highest BCUT2D eigenvalue weighted by atomic mass is 35.5. The first-order chi connectivity index (χ1) is 13.5. The minimum absolute atomic E-state index is 0.226. The van der Waals surface area contributed by atoms with E-state index in [9.17, 15) is 27.2 Å². The van der Waals surface area contributed by atoms with Crippen LogP contribution in [-0.2, 0) is 19.1 Å². The Balaban J connectivity index is 2.05. The van der Waals surface area contributed by atoms with Crippen molar-refractivity contribution < 1.29 is 17.6 Å². The number of nitrogens with one attached hydrogen (secondary N) is 1. The Kier molecular flexibility index (Phi) is 5.86. The second-order valence-corrected chi connectivity index (χ2v) is 7.08. The van der Waals surface area contributed by atoms with Gasteiger partial charge in [-0.2, -0.15) is 13.2 Å². The topological polar surface area (TPSA) is 54.9 Å². The largest absolute Gasteiger partial charge is 0.431 e. The number of hydrogen-bond donors (Lipinski definition) is 1. The minimum atomic E-state index is -4.86. The van der Waals surface area contributed by atoms with Crippen LogP contribution in [0.3, 0.4) is 0 Å². The van der Waals surface area contributed by atoms with Gasteiger partial charge in [0.2, 0.25) is 0 Å². The molecule has 3 rings (SSSR count). The standard InChI is InChI=1S/C19H12Cl2F4N2O2/c20-12-6-11(9-27-17(28)8-16(19(23,24)25)26-18(27)29)14(15(21)7-12)5-10-1-3-13(22)4-2-10/h1-4,6-8H,5,9H2,(H,26,29). The summed E-state index contributed by atoms with van der Waals surface area (Å²) >= 11 is 12.3. The predicted molar refractivity (Wildman–Crippen MR) is 101 cm³/mol. The van der Waals surface area contributed by atoms with E-state index < -0.39 is 28.9 Å². The first-order valence-electron chi connectivity index (χ1n) is 8.17. The van der Waals surface area contributed by atoms with Gasteiger partial charge in [0.05, 0.1) is 6.54 Å². The monoisotopic (exact) mass is 446 g/mol. The van der Waals surface area contributed by atoms with Crippen molar-refractivity contribution in [3.05, 3.63) is 102 Å². The van der Waals surface area contributed by atoms with Crippen LogP contribution >= 0.6 is 23.2 Å². The molecule has 2 aromatic carbocycles. The average molecular weight is 447 g/mol. The quantitative estimate of drug-likeness (QED) is 0.593. The van der Waals surface area contributed by atoms with Gasteiger partial charge in [-0.25, -0.2) is 9.18 Å². The fraction of sp³-hybridized carbons (Fsp3) is 0.158. The molecule has 0 atom stereocenters. The molecule has 0 fully saturated rings. The van der Waals surface area contributed by atoms with Gasteiger partial charge >= 0.3 is 11.9 Å². The molecule has 1 N–H and O–H groups in total. The smallest absolute Gasteiger partial charge is 0.303 e. The Hall–Kier alpha value is -2.58. The number of benzene rings is 2. The second kappa shape index (κ2) is 8.04. The van der Waals surface area contributed by atoms with Crippen LogP contribution in [0, 0.1) is 5.82 Å². The molecule has 152 valence electrons. The summed E-state index contributed by atoms with van der Waals surface area (Å²) in [5.41, 5.74) is -2.18. The van der Waals surface area contributed by atoms with Crippen molar-refractivity contribution in [1.82, 2.24) is 9.55 Å². The number of hydrogen-bond acceptors (Lipinski definition) is 2. The first-order valence-corrected chi connectivity index (χ1v) is 8.93. The van der Waals surface area contributed by atoms with E-state index >= 15 is 0 Å². The van der Waals surface area contributed by atoms with Crippen LogP contribution in [0.25, 0.3) is 0 Å². The van der Waals surface area contributed by atoms with E-state index in [2.05, 4.69) is 0 Å². The fourth-order valence-electron chi connectivity index (χ4n) is 2.80. The van der Waals surface area contributed by atoms with E-state index in [4.69, 9.17) is 23.2 Å². The molecule has 0 aliphatic carbocycles. The Bertz CT molecular complexity index is 1140. The Morgan fingerprint density at radius 1 is 1.00 bits per heavy atom. The van der Waals surface area contributed by atoms with Crippen LogP contribution in [0.15, 0.2) is 52.1 Å². The van der Waals surface area contributed by atoms with Crippen molar-refractivity contribution in [2.45, 2.75) is 19.1 Å². The summed E-state index contributed by atoms with van der Waals surface area (Å²) in [7, 11) is 0. The second-order valence-electron chi connectivity index (χ2n) is 6.24. The highest BCUT2D eigenvalue weighted by molar-refractivity contribution is 6.35. The van der Waals surface area contributed by atoms with Crippen LogP contribution in [0.1, 0.15) is 22.4 Å². The molecule has 3 aromatic rings. The molecule has 1 aromatic heterocycles. The summed E-state index contributed by atoms with van der Waals surface area (Å²) in [5, 5.41) is 0.470. The Morgan fingerprint density at radius 3 is 2.24 bits per heavy atom. The van der Waals surface area contributed by atoms with E-state index in [1.165, 1.54) is 24.3 Å². The minimum Gasteiger partial charge on any atom is -0.303 e. The molecule has 0 unspecified atom stereocenters. The van der Waals surface area contributed by atoms with E-state index in [1.807, 2.05) is 0 Å². The van der Waals surface area contributed by atoms with E-state index in [-0.39, 0.29) is 23.0 Å². The van der Waals surface area contributed by atoms with Crippen LogP contribution < -0.4 is 11.2 Å². The van der Waals surface area contributed by atoms with E-state index in [1.54, 1.807) is 17.1 Å². The molecular weight excluding hydrogens is 435 g/mol. The molecular formula is C19H12Cl2F4N2O2. The third-order valence-corrected chi connectivity index (χ3v) is 4.76. The highest BCUT2D eigenvalue weighted by Gasteiger charge is 2.33. The van der Waals surface area contributed by atoms with E-state index in [0.29, 0.717) is 27.3 Å². The number of alkyl halides is 3. The van der Waals surface area contributed by atoms with E-state index in [0.717, 1.165) is 0 Å². The van der Waals surface area contributed by atoms with Gasteiger partial charge in [-0.15, -0.1) is 0 Å². The molecule has 0 bridgehead atoms. The van der Waals surface area contributed by atoms with Crippen molar-refractivity contribution in [2.24, 2.45) is 0 Å². The summed E-state index contributed by atoms with van der Waals surface area (Å²) in [5.74, 6) is -0.418. The third kappa shape index (κ3) is 4.89. The van der Waals surface area contributed by atoms with Crippen molar-refractivity contribution >= 4 is 23.2 Å². The Morgan fingerprint density at radius 2 is 1.66 bits per heavy atom. The summed E-state index contributed by atoms with van der Waals surface area (Å²) in [6, 6.07) is 8.87. The molecule has 0 aliphatic rings. The van der Waals surface area contributed by atoms with Gasteiger partial charge < -0.3 is 4.98 Å². The van der Waals surface area contributed by atoms with Crippen molar-refractivity contribution in [1.29, 1.82) is 0 Å². The number of nitrogens with zero attached hydrogens (tertiary/aromatic N) is 1. The average Bonchev–Trinajstić information content (AvgIpc) is 2.61. The number of rotatable bonds is 4. The molecule has 0 amide bonds. The maximum Gasteiger partial charge on any atom is 0.431 e. The van der Waals surface area contributed by atoms with Crippen LogP contribution in [0.4, 0.5) is 17.6 Å². The Labute approximate surface area is 171 Å². The lowest BCUT2D eigenvalue weighted by molar-refractivity contribution is -0.141. The van der Waals surface area contributed by atoms with Crippen molar-refractivity contribution in [3.63, 3.8) is 0 Å². The number of halogens is 6. The van der Waals surface area contributed by atoms with Crippen molar-refractivity contribution in [3.8, 4) is 0 Å². The first kappa shape index (κ1) is 21.1. The van der Waals surface area contributed by atoms with Gasteiger partial charge in [0.15, 0.2) is 0 Å². The number of aromatic nitrogens is 2. The summed E-state index contributed by atoms with van der Waals surface area (Å²) in [6.07, 6.45) is -4.62. The normalized spacial score (nSPS) is 11.7. The summed E-state index contributed by atoms with van der Waals surface area (Å²) < 4.78 is 52.0. The zero-order chi connectivity index (χ0) is 21.3. The zero-order valence-electron chi connectivity index (χ0n) is 14.5. The molecule has 0 aliphatic heterocycles. The molecule has 10 heteroatoms. The predicted octanol–water partition coefficient (Wildman–Crippen LogP) is 4.64. The fourth-order valence-corrected chi connectivity index (χ4v) is 3.40. The van der Waals surface area contributed by atoms with Gasteiger partial charge in [0.1, 0.15) is 11.5 Å². The summed E-state index contributed by atoms with van der Waals surface area (Å²) in [6.45, 7) is -0.344. The van der Waals surface area contributed by atoms with Crippen LogP contribution in [0.5, 0.6) is 0 Å². The van der Waals surface area contributed by atoms with Gasteiger partial charge in [0.25, 0.3) is 5.56 Å². The van der Waals surface area contributed by atoms with Crippen LogP contribution in [-0.4, -0.2) is 9.55 Å². The zero-order valence-corrected chi connectivity index (χ0v) is 16.0. The van der Waals surface area contributed by atoms with Crippen LogP contribution in [0.2, 0.25) is 10.0 Å². The molecule has 1 heterocycles. The third-order valence-electron chi connectivity index (χ3n) is 4.20. The number of H-pyrrole nitrogens is 1. The molecule has 4 nitrogen and oxygen atoms in total. The molecule has 0 saturated heterocycles.